The van der Waals surface area contributed by atoms with Gasteiger partial charge in [-0.25, -0.2) is 14.6 Å². The van der Waals surface area contributed by atoms with Crippen LogP contribution in [0.2, 0.25) is 0 Å². The molecule has 13 heteroatoms. The second-order valence-corrected chi connectivity index (χ2v) is 4.71. The summed E-state index contributed by atoms with van der Waals surface area (Å²) in [6, 6.07) is 1.41. The average Bonchev–Trinajstić information content (AvgIpc) is 3.11. The minimum Gasteiger partial charge on any atom is -0.382 e. The summed E-state index contributed by atoms with van der Waals surface area (Å²) in [5.41, 5.74) is 2.06. The molecule has 0 aromatic carbocycles. The van der Waals surface area contributed by atoms with Crippen LogP contribution in [0.25, 0.3) is 11.6 Å². The largest absolute Gasteiger partial charge is 0.437 e. The highest BCUT2D eigenvalue weighted by atomic mass is 19.4. The van der Waals surface area contributed by atoms with E-state index in [0.717, 1.165) is 0 Å². The molecule has 3 heterocycles. The number of hydrogen-bond donors (Lipinski definition) is 1. The van der Waals surface area contributed by atoms with E-state index in [1.165, 1.54) is 18.5 Å². The summed E-state index contributed by atoms with van der Waals surface area (Å²) < 4.78 is 78.7. The Labute approximate surface area is 134 Å². The minimum absolute atomic E-state index is 0.278. The SMILES string of the molecule is Nc1c(-n2cc(C(F)(F)F)cn2)c(C(F)(F)F)nn1-c1ncccn1. The molecule has 0 spiro atoms. The van der Waals surface area contributed by atoms with E-state index < -0.39 is 35.1 Å². The number of aromatic nitrogens is 6. The van der Waals surface area contributed by atoms with E-state index in [2.05, 4.69) is 20.2 Å². The molecule has 3 rings (SSSR count). The van der Waals surface area contributed by atoms with Gasteiger partial charge in [0.1, 0.15) is 5.69 Å². The lowest BCUT2D eigenvalue weighted by Gasteiger charge is -2.06. The summed E-state index contributed by atoms with van der Waals surface area (Å²) in [6.45, 7) is 0. The number of alkyl halides is 6. The van der Waals surface area contributed by atoms with Crippen LogP contribution in [0, 0.1) is 0 Å². The van der Waals surface area contributed by atoms with Crippen molar-refractivity contribution in [3.63, 3.8) is 0 Å². The first-order chi connectivity index (χ1) is 11.6. The highest BCUT2D eigenvalue weighted by Crippen LogP contribution is 2.37. The van der Waals surface area contributed by atoms with E-state index in [1.54, 1.807) is 0 Å². The van der Waals surface area contributed by atoms with Gasteiger partial charge < -0.3 is 5.73 Å². The molecule has 0 aliphatic rings. The van der Waals surface area contributed by atoms with Gasteiger partial charge in [0.2, 0.25) is 0 Å². The first kappa shape index (κ1) is 16.7. The number of nitrogens with two attached hydrogens (primary N) is 1. The summed E-state index contributed by atoms with van der Waals surface area (Å²) >= 11 is 0. The van der Waals surface area contributed by atoms with Crippen molar-refractivity contribution in [2.24, 2.45) is 0 Å². The Kier molecular flexibility index (Phi) is 3.65. The first-order valence-electron chi connectivity index (χ1n) is 6.44. The van der Waals surface area contributed by atoms with Crippen LogP contribution in [0.3, 0.4) is 0 Å². The number of nitrogens with zero attached hydrogens (tertiary/aromatic N) is 6. The molecule has 0 radical (unpaired) electrons. The Hall–Kier alpha value is -3.12. The molecule has 2 N–H and O–H groups in total. The Bertz CT molecular complexity index is 893. The topological polar surface area (TPSA) is 87.4 Å². The van der Waals surface area contributed by atoms with Gasteiger partial charge in [-0.15, -0.1) is 0 Å². The summed E-state index contributed by atoms with van der Waals surface area (Å²) in [6.07, 6.45) is -6.51. The molecule has 0 unspecified atom stereocenters. The molecule has 0 atom stereocenters. The predicted molar refractivity (Wildman–Crippen MR) is 70.7 cm³/mol. The van der Waals surface area contributed by atoms with Gasteiger partial charge in [0.25, 0.3) is 5.95 Å². The fraction of sp³-hybridized carbons (Fsp3) is 0.167. The lowest BCUT2D eigenvalue weighted by molar-refractivity contribution is -0.141. The van der Waals surface area contributed by atoms with Gasteiger partial charge in [-0.1, -0.05) is 0 Å². The minimum atomic E-state index is -4.99. The molecule has 25 heavy (non-hydrogen) atoms. The summed E-state index contributed by atoms with van der Waals surface area (Å²) in [7, 11) is 0. The van der Waals surface area contributed by atoms with Gasteiger partial charge in [-0.3, -0.25) is 0 Å². The molecule has 0 aliphatic carbocycles. The van der Waals surface area contributed by atoms with Crippen molar-refractivity contribution in [3.8, 4) is 11.6 Å². The quantitative estimate of drug-likeness (QED) is 0.707. The van der Waals surface area contributed by atoms with Gasteiger partial charge in [0.15, 0.2) is 11.5 Å². The second kappa shape index (κ2) is 5.46. The Morgan fingerprint density at radius 1 is 0.960 bits per heavy atom. The number of anilines is 1. The molecule has 132 valence electrons. The molecule has 3 aromatic heterocycles. The van der Waals surface area contributed by atoms with Crippen LogP contribution >= 0.6 is 0 Å². The lowest BCUT2D eigenvalue weighted by atomic mass is 10.3. The normalized spacial score (nSPS) is 12.6. The fourth-order valence-electron chi connectivity index (χ4n) is 1.98. The third-order valence-electron chi connectivity index (χ3n) is 3.04. The Morgan fingerprint density at radius 2 is 1.60 bits per heavy atom. The molecular weight excluding hydrogens is 356 g/mol. The smallest absolute Gasteiger partial charge is 0.382 e. The third kappa shape index (κ3) is 2.99. The van der Waals surface area contributed by atoms with Crippen molar-refractivity contribution in [2.75, 3.05) is 5.73 Å². The zero-order valence-electron chi connectivity index (χ0n) is 11.9. The molecule has 0 saturated heterocycles. The number of hydrogen-bond acceptors (Lipinski definition) is 5. The third-order valence-corrected chi connectivity index (χ3v) is 3.04. The first-order valence-corrected chi connectivity index (χ1v) is 6.44. The second-order valence-electron chi connectivity index (χ2n) is 4.71. The van der Waals surface area contributed by atoms with Crippen LogP contribution in [0.1, 0.15) is 11.3 Å². The number of halogens is 6. The highest BCUT2D eigenvalue weighted by Gasteiger charge is 2.41. The van der Waals surface area contributed by atoms with Crippen molar-refractivity contribution < 1.29 is 26.3 Å². The molecular formula is C12H7F6N7. The van der Waals surface area contributed by atoms with Gasteiger partial charge in [0, 0.05) is 18.6 Å². The zero-order chi connectivity index (χ0) is 18.4. The van der Waals surface area contributed by atoms with E-state index in [4.69, 9.17) is 5.73 Å². The van der Waals surface area contributed by atoms with Crippen LogP contribution in [-0.2, 0) is 12.4 Å². The van der Waals surface area contributed by atoms with Crippen LogP contribution in [0.5, 0.6) is 0 Å². The van der Waals surface area contributed by atoms with Crippen LogP contribution in [0.4, 0.5) is 32.2 Å². The van der Waals surface area contributed by atoms with Crippen molar-refractivity contribution in [1.82, 2.24) is 29.5 Å². The summed E-state index contributed by atoms with van der Waals surface area (Å²) in [5, 5.41) is 6.62. The maximum absolute atomic E-state index is 13.2. The van der Waals surface area contributed by atoms with Crippen LogP contribution < -0.4 is 5.73 Å². The van der Waals surface area contributed by atoms with E-state index >= 15 is 0 Å². The highest BCUT2D eigenvalue weighted by molar-refractivity contribution is 5.59. The van der Waals surface area contributed by atoms with Gasteiger partial charge >= 0.3 is 12.4 Å². The van der Waals surface area contributed by atoms with E-state index in [9.17, 15) is 26.3 Å². The maximum Gasteiger partial charge on any atom is 0.437 e. The van der Waals surface area contributed by atoms with E-state index in [-0.39, 0.29) is 5.95 Å². The van der Waals surface area contributed by atoms with Crippen molar-refractivity contribution >= 4 is 5.82 Å². The number of rotatable bonds is 2. The predicted octanol–water partition coefficient (Wildman–Crippen LogP) is 2.47. The summed E-state index contributed by atoms with van der Waals surface area (Å²) in [5.74, 6) is -0.893. The molecule has 7 nitrogen and oxygen atoms in total. The Morgan fingerprint density at radius 3 is 2.12 bits per heavy atom. The van der Waals surface area contributed by atoms with Gasteiger partial charge in [0.05, 0.1) is 11.8 Å². The van der Waals surface area contributed by atoms with Crippen molar-refractivity contribution in [1.29, 1.82) is 0 Å². The van der Waals surface area contributed by atoms with Crippen LogP contribution in [-0.4, -0.2) is 29.5 Å². The fourth-order valence-corrected chi connectivity index (χ4v) is 1.98. The Balaban J connectivity index is 2.22. The monoisotopic (exact) mass is 363 g/mol. The molecule has 0 fully saturated rings. The van der Waals surface area contributed by atoms with Gasteiger partial charge in [-0.2, -0.15) is 41.2 Å². The van der Waals surface area contributed by atoms with Crippen LogP contribution in [0.15, 0.2) is 30.9 Å². The molecule has 0 amide bonds. The molecule has 0 bridgehead atoms. The van der Waals surface area contributed by atoms with Crippen molar-refractivity contribution in [2.45, 2.75) is 12.4 Å². The van der Waals surface area contributed by atoms with E-state index in [0.29, 0.717) is 21.8 Å². The average molecular weight is 363 g/mol. The molecule has 0 aliphatic heterocycles. The molecule has 0 saturated carbocycles. The molecule has 3 aromatic rings. The lowest BCUT2D eigenvalue weighted by Crippen LogP contribution is -2.11. The van der Waals surface area contributed by atoms with E-state index in [1.807, 2.05) is 0 Å². The number of nitrogen functional groups attached to an aromatic ring is 1. The zero-order valence-corrected chi connectivity index (χ0v) is 11.9. The van der Waals surface area contributed by atoms with Crippen molar-refractivity contribution in [3.05, 3.63) is 42.1 Å². The maximum atomic E-state index is 13.2. The standard InChI is InChI=1S/C12H7F6N7/c13-11(14,15)6-4-22-24(5-6)7-8(12(16,17)18)23-25(9(7)19)10-20-2-1-3-21-10/h1-5H,19H2. The van der Waals surface area contributed by atoms with Gasteiger partial charge in [-0.05, 0) is 6.07 Å². The summed E-state index contributed by atoms with van der Waals surface area (Å²) in [4.78, 5) is 7.43.